The topological polar surface area (TPSA) is 266 Å². The first-order valence-electron chi connectivity index (χ1n) is 7.84. The molecular formula is C18H21FeO12S3. The Morgan fingerprint density at radius 3 is 0.618 bits per heavy atom. The Hall–Kier alpha value is -2.21. The second-order valence-electron chi connectivity index (χ2n) is 5.30. The maximum atomic E-state index is 10.3. The molecule has 0 bridgehead atoms. The van der Waals surface area contributed by atoms with Crippen molar-refractivity contribution in [2.45, 2.75) is 14.7 Å². The van der Waals surface area contributed by atoms with Gasteiger partial charge in [0.15, 0.2) is 0 Å². The summed E-state index contributed by atoms with van der Waals surface area (Å²) in [4.78, 5) is -0.556. The second kappa shape index (κ2) is 17.3. The van der Waals surface area contributed by atoms with Gasteiger partial charge >= 0.3 is 17.1 Å². The van der Waals surface area contributed by atoms with Crippen LogP contribution in [-0.4, -0.2) is 55.3 Å². The second-order valence-corrected chi connectivity index (χ2v) is 9.44. The van der Waals surface area contributed by atoms with Crippen LogP contribution in [0.15, 0.2) is 106 Å². The first-order valence-corrected chi connectivity index (χ1v) is 12.1. The summed E-state index contributed by atoms with van der Waals surface area (Å²) in [7, 11) is -12.8. The van der Waals surface area contributed by atoms with Crippen LogP contribution in [0.2, 0.25) is 0 Å². The van der Waals surface area contributed by atoms with E-state index in [1.807, 2.05) is 0 Å². The monoisotopic (exact) mass is 581 g/mol. The molecule has 0 aromatic heterocycles. The van der Waals surface area contributed by atoms with Gasteiger partial charge < -0.3 is 30.1 Å². The fourth-order valence-corrected chi connectivity index (χ4v) is 3.23. The van der Waals surface area contributed by atoms with Gasteiger partial charge in [-0.2, -0.15) is 0 Å². The summed E-state index contributed by atoms with van der Waals surface area (Å²) in [5, 5.41) is 0. The third-order valence-electron chi connectivity index (χ3n) is 3.10. The minimum absolute atomic E-state index is 0. The molecule has 16 heteroatoms. The van der Waals surface area contributed by atoms with E-state index in [0.717, 1.165) is 0 Å². The molecule has 0 saturated carbocycles. The van der Waals surface area contributed by atoms with Gasteiger partial charge in [0.2, 0.25) is 0 Å². The Balaban J connectivity index is -0.000000187. The smallest absolute Gasteiger partial charge is 0.744 e. The number of benzene rings is 3. The van der Waals surface area contributed by atoms with Crippen molar-refractivity contribution in [3.8, 4) is 0 Å². The molecular weight excluding hydrogens is 560 g/mol. The van der Waals surface area contributed by atoms with Crippen LogP contribution in [0.5, 0.6) is 0 Å². The third-order valence-corrected chi connectivity index (χ3v) is 5.64. The molecule has 34 heavy (non-hydrogen) atoms. The van der Waals surface area contributed by atoms with Crippen molar-refractivity contribution in [1.82, 2.24) is 0 Å². The van der Waals surface area contributed by atoms with E-state index in [9.17, 15) is 38.9 Å². The van der Waals surface area contributed by atoms with Crippen molar-refractivity contribution in [3.63, 3.8) is 0 Å². The van der Waals surface area contributed by atoms with E-state index < -0.39 is 30.4 Å². The van der Waals surface area contributed by atoms with E-state index in [1.54, 1.807) is 18.2 Å². The van der Waals surface area contributed by atoms with E-state index in [4.69, 9.17) is 0 Å². The van der Waals surface area contributed by atoms with Crippen LogP contribution in [0, 0.1) is 0 Å². The van der Waals surface area contributed by atoms with Gasteiger partial charge in [0.05, 0.1) is 14.7 Å². The van der Waals surface area contributed by atoms with Crippen LogP contribution in [-0.2, 0) is 47.4 Å². The summed E-state index contributed by atoms with van der Waals surface area (Å²) in [5.74, 6) is 0. The molecule has 0 aliphatic heterocycles. The molecule has 0 unspecified atom stereocenters. The number of rotatable bonds is 3. The molecule has 0 aliphatic rings. The Morgan fingerprint density at radius 2 is 0.529 bits per heavy atom. The van der Waals surface area contributed by atoms with Crippen molar-refractivity contribution in [2.75, 3.05) is 0 Å². The van der Waals surface area contributed by atoms with Crippen LogP contribution in [0.1, 0.15) is 0 Å². The van der Waals surface area contributed by atoms with Crippen molar-refractivity contribution in [1.29, 1.82) is 0 Å². The molecule has 3 aromatic carbocycles. The normalized spacial score (nSPS) is 9.97. The Kier molecular flexibility index (Phi) is 19.8. The first-order chi connectivity index (χ1) is 13.8. The van der Waals surface area contributed by atoms with Crippen LogP contribution in [0.4, 0.5) is 0 Å². The Labute approximate surface area is 207 Å². The number of hydrogen-bond donors (Lipinski definition) is 0. The van der Waals surface area contributed by atoms with E-state index in [-0.39, 0.29) is 48.2 Å². The summed E-state index contributed by atoms with van der Waals surface area (Å²) >= 11 is 0. The van der Waals surface area contributed by atoms with Gasteiger partial charge in [-0.25, -0.2) is 25.3 Å². The third kappa shape index (κ3) is 15.6. The van der Waals surface area contributed by atoms with Gasteiger partial charge in [-0.3, -0.25) is 0 Å². The summed E-state index contributed by atoms with van der Waals surface area (Å²) in [6.07, 6.45) is 0. The molecule has 0 spiro atoms. The molecule has 0 aliphatic carbocycles. The van der Waals surface area contributed by atoms with E-state index >= 15 is 0 Å². The van der Waals surface area contributed by atoms with Gasteiger partial charge in [0, 0.05) is 0 Å². The zero-order valence-electron chi connectivity index (χ0n) is 16.9. The fourth-order valence-electron chi connectivity index (χ4n) is 1.76. The average Bonchev–Trinajstić information content (AvgIpc) is 2.69. The van der Waals surface area contributed by atoms with Crippen molar-refractivity contribution in [2.24, 2.45) is 0 Å². The van der Waals surface area contributed by atoms with Crippen LogP contribution in [0.25, 0.3) is 0 Å². The zero-order valence-corrected chi connectivity index (χ0v) is 20.5. The molecule has 0 fully saturated rings. The van der Waals surface area contributed by atoms with Gasteiger partial charge in [0.1, 0.15) is 30.4 Å². The first kappa shape index (κ1) is 39.0. The molecule has 6 N–H and O–H groups in total. The quantitative estimate of drug-likeness (QED) is 0.279. The van der Waals surface area contributed by atoms with Crippen LogP contribution < -0.4 is 0 Å². The van der Waals surface area contributed by atoms with Gasteiger partial charge in [-0.1, -0.05) is 54.6 Å². The largest absolute Gasteiger partial charge is 3.00 e. The van der Waals surface area contributed by atoms with Crippen molar-refractivity contribution in [3.05, 3.63) is 91.0 Å². The molecule has 0 amide bonds. The summed E-state index contributed by atoms with van der Waals surface area (Å²) < 4.78 is 92.5. The summed E-state index contributed by atoms with van der Waals surface area (Å²) in [6, 6.07) is 21.6. The van der Waals surface area contributed by atoms with Crippen LogP contribution >= 0.6 is 0 Å². The van der Waals surface area contributed by atoms with Crippen molar-refractivity contribution < 1.29 is 72.4 Å². The molecule has 0 saturated heterocycles. The van der Waals surface area contributed by atoms with Crippen molar-refractivity contribution >= 4 is 30.4 Å². The average molecular weight is 581 g/mol. The van der Waals surface area contributed by atoms with E-state index in [1.165, 1.54) is 72.8 Å². The Morgan fingerprint density at radius 1 is 0.382 bits per heavy atom. The van der Waals surface area contributed by atoms with Gasteiger partial charge in [-0.15, -0.1) is 0 Å². The molecule has 191 valence electrons. The maximum Gasteiger partial charge on any atom is 3.00 e. The van der Waals surface area contributed by atoms with Gasteiger partial charge in [0.25, 0.3) is 0 Å². The molecule has 0 heterocycles. The summed E-state index contributed by atoms with van der Waals surface area (Å²) in [5.41, 5.74) is 0. The van der Waals surface area contributed by atoms with E-state index in [2.05, 4.69) is 0 Å². The fraction of sp³-hybridized carbons (Fsp3) is 0. The van der Waals surface area contributed by atoms with E-state index in [0.29, 0.717) is 0 Å². The predicted molar refractivity (Wildman–Crippen MR) is 114 cm³/mol. The molecule has 3 aromatic rings. The summed E-state index contributed by atoms with van der Waals surface area (Å²) in [6.45, 7) is 0. The molecule has 12 nitrogen and oxygen atoms in total. The minimum Gasteiger partial charge on any atom is -0.744 e. The SMILES string of the molecule is O.O.O.O=S(=O)([O-])c1ccccc1.O=S(=O)([O-])c1ccccc1.O=S(=O)([O-])c1ccccc1.[Fe+3]. The zero-order chi connectivity index (χ0) is 22.8. The Bertz CT molecular complexity index is 1070. The standard InChI is InChI=1S/3C6H6O3S.Fe.3H2O/c3*7-10(8,9)6-4-2-1-3-5-6;;;;/h3*1-5H,(H,7,8,9);;3*1H2/q;;;+3;;;/p-3. The van der Waals surface area contributed by atoms with Crippen LogP contribution in [0.3, 0.4) is 0 Å². The van der Waals surface area contributed by atoms with Gasteiger partial charge in [-0.05, 0) is 36.4 Å². The molecule has 1 radical (unpaired) electrons. The molecule has 3 rings (SSSR count). The number of hydrogen-bond acceptors (Lipinski definition) is 9. The maximum absolute atomic E-state index is 10.3. The minimum atomic E-state index is -4.25. The molecule has 0 atom stereocenters. The predicted octanol–water partition coefficient (Wildman–Crippen LogP) is -0.705.